The Labute approximate surface area is 86.8 Å². The third-order valence-corrected chi connectivity index (χ3v) is 3.70. The minimum atomic E-state index is 0.405. The zero-order valence-corrected chi connectivity index (χ0v) is 9.52. The number of halogens is 1. The lowest BCUT2D eigenvalue weighted by molar-refractivity contribution is 0.0558. The van der Waals surface area contributed by atoms with Crippen LogP contribution in [0.1, 0.15) is 45.4 Å². The van der Waals surface area contributed by atoms with E-state index in [4.69, 9.17) is 16.3 Å². The fraction of sp³-hybridized carbons (Fsp3) is 1.00. The molecule has 1 unspecified atom stereocenters. The molecule has 0 bridgehead atoms. The van der Waals surface area contributed by atoms with Crippen molar-refractivity contribution in [2.75, 3.05) is 7.11 Å². The molecular formula is C11H21ClO. The summed E-state index contributed by atoms with van der Waals surface area (Å²) in [5.41, 5.74) is 0. The second kappa shape index (κ2) is 5.87. The molecule has 0 radical (unpaired) electrons. The van der Waals surface area contributed by atoms with Crippen LogP contribution in [-0.2, 0) is 4.74 Å². The smallest absolute Gasteiger partial charge is 0.0571 e. The van der Waals surface area contributed by atoms with Crippen molar-refractivity contribution in [1.29, 1.82) is 0 Å². The van der Waals surface area contributed by atoms with Crippen LogP contribution in [0.25, 0.3) is 0 Å². The van der Waals surface area contributed by atoms with Gasteiger partial charge in [-0.2, -0.15) is 0 Å². The maximum atomic E-state index is 6.31. The van der Waals surface area contributed by atoms with Crippen LogP contribution < -0.4 is 0 Å². The van der Waals surface area contributed by atoms with Crippen molar-refractivity contribution in [3.63, 3.8) is 0 Å². The van der Waals surface area contributed by atoms with E-state index in [9.17, 15) is 0 Å². The van der Waals surface area contributed by atoms with Gasteiger partial charge in [-0.15, -0.1) is 11.6 Å². The Morgan fingerprint density at radius 3 is 2.38 bits per heavy atom. The Bertz CT molecular complexity index is 130. The van der Waals surface area contributed by atoms with Crippen LogP contribution in [0.3, 0.4) is 0 Å². The molecule has 0 aliphatic heterocycles. The highest BCUT2D eigenvalue weighted by Gasteiger charge is 2.25. The molecule has 1 aliphatic rings. The first-order valence-corrected chi connectivity index (χ1v) is 5.88. The minimum Gasteiger partial charge on any atom is -0.381 e. The highest BCUT2D eigenvalue weighted by molar-refractivity contribution is 6.20. The van der Waals surface area contributed by atoms with Crippen LogP contribution in [0.4, 0.5) is 0 Å². The van der Waals surface area contributed by atoms with E-state index in [1.54, 1.807) is 0 Å². The van der Waals surface area contributed by atoms with Gasteiger partial charge >= 0.3 is 0 Å². The lowest BCUT2D eigenvalue weighted by Crippen LogP contribution is -2.25. The summed E-state index contributed by atoms with van der Waals surface area (Å²) in [5.74, 6) is 0.744. The van der Waals surface area contributed by atoms with Gasteiger partial charge in [0.05, 0.1) is 6.10 Å². The average molecular weight is 205 g/mol. The summed E-state index contributed by atoms with van der Waals surface area (Å²) in [6.07, 6.45) is 7.80. The molecule has 0 aromatic rings. The highest BCUT2D eigenvalue weighted by Crippen LogP contribution is 2.32. The van der Waals surface area contributed by atoms with E-state index in [1.807, 2.05) is 7.11 Å². The summed E-state index contributed by atoms with van der Waals surface area (Å²) >= 11 is 6.31. The zero-order valence-electron chi connectivity index (χ0n) is 8.76. The van der Waals surface area contributed by atoms with Gasteiger partial charge in [-0.1, -0.05) is 13.3 Å². The molecule has 1 nitrogen and oxygen atoms in total. The first-order valence-electron chi connectivity index (χ1n) is 5.44. The summed E-state index contributed by atoms with van der Waals surface area (Å²) in [4.78, 5) is 0. The van der Waals surface area contributed by atoms with Gasteiger partial charge in [0.15, 0.2) is 0 Å². The lowest BCUT2D eigenvalue weighted by Gasteiger charge is -2.30. The summed E-state index contributed by atoms with van der Waals surface area (Å²) in [6, 6.07) is 0. The number of methoxy groups -OCH3 is 1. The molecule has 0 amide bonds. The van der Waals surface area contributed by atoms with Gasteiger partial charge in [0.1, 0.15) is 0 Å². The molecule has 2 heteroatoms. The number of ether oxygens (including phenoxy) is 1. The third-order valence-electron chi connectivity index (χ3n) is 3.13. The molecule has 78 valence electrons. The molecule has 1 saturated carbocycles. The molecule has 1 aliphatic carbocycles. The van der Waals surface area contributed by atoms with E-state index in [-0.39, 0.29) is 0 Å². The molecule has 13 heavy (non-hydrogen) atoms. The van der Waals surface area contributed by atoms with Crippen molar-refractivity contribution in [3.05, 3.63) is 0 Å². The molecule has 1 atom stereocenters. The molecule has 1 fully saturated rings. The summed E-state index contributed by atoms with van der Waals surface area (Å²) < 4.78 is 5.34. The van der Waals surface area contributed by atoms with Gasteiger partial charge in [-0.05, 0) is 38.0 Å². The molecule has 0 heterocycles. The maximum Gasteiger partial charge on any atom is 0.0571 e. The van der Waals surface area contributed by atoms with Crippen LogP contribution in [-0.4, -0.2) is 18.6 Å². The number of rotatable bonds is 4. The van der Waals surface area contributed by atoms with Gasteiger partial charge in [0.2, 0.25) is 0 Å². The third kappa shape index (κ3) is 3.47. The predicted octanol–water partition coefficient (Wildman–Crippen LogP) is 3.60. The summed E-state index contributed by atoms with van der Waals surface area (Å²) in [5, 5.41) is 0.405. The highest BCUT2D eigenvalue weighted by atomic mass is 35.5. The van der Waals surface area contributed by atoms with Crippen LogP contribution in [0.5, 0.6) is 0 Å². The minimum absolute atomic E-state index is 0.405. The molecular weight excluding hydrogens is 184 g/mol. The normalized spacial score (nSPS) is 31.6. The molecule has 0 aromatic carbocycles. The summed E-state index contributed by atoms with van der Waals surface area (Å²) in [6.45, 7) is 2.20. The molecule has 1 rings (SSSR count). The molecule has 0 saturated heterocycles. The fourth-order valence-corrected chi connectivity index (χ4v) is 2.67. The van der Waals surface area contributed by atoms with Crippen molar-refractivity contribution >= 4 is 11.6 Å². The van der Waals surface area contributed by atoms with E-state index in [0.717, 1.165) is 5.92 Å². The fourth-order valence-electron chi connectivity index (χ4n) is 2.20. The molecule has 0 spiro atoms. The van der Waals surface area contributed by atoms with Gasteiger partial charge < -0.3 is 4.74 Å². The van der Waals surface area contributed by atoms with Gasteiger partial charge in [-0.25, -0.2) is 0 Å². The second-order valence-electron chi connectivity index (χ2n) is 4.08. The van der Waals surface area contributed by atoms with E-state index in [1.165, 1.54) is 38.5 Å². The van der Waals surface area contributed by atoms with Gasteiger partial charge in [0.25, 0.3) is 0 Å². The van der Waals surface area contributed by atoms with E-state index in [2.05, 4.69) is 6.92 Å². The van der Waals surface area contributed by atoms with E-state index < -0.39 is 0 Å². The van der Waals surface area contributed by atoms with Crippen molar-refractivity contribution < 1.29 is 4.74 Å². The number of alkyl halides is 1. The van der Waals surface area contributed by atoms with Gasteiger partial charge in [0, 0.05) is 12.5 Å². The van der Waals surface area contributed by atoms with Crippen molar-refractivity contribution in [2.24, 2.45) is 5.92 Å². The van der Waals surface area contributed by atoms with Crippen molar-refractivity contribution in [2.45, 2.75) is 56.9 Å². The lowest BCUT2D eigenvalue weighted by atomic mass is 9.84. The Hall–Kier alpha value is 0.250. The first-order chi connectivity index (χ1) is 6.27. The quantitative estimate of drug-likeness (QED) is 0.636. The van der Waals surface area contributed by atoms with Gasteiger partial charge in [-0.3, -0.25) is 0 Å². The van der Waals surface area contributed by atoms with Crippen LogP contribution in [0.2, 0.25) is 0 Å². The average Bonchev–Trinajstić information content (AvgIpc) is 2.18. The predicted molar refractivity (Wildman–Crippen MR) is 57.3 cm³/mol. The molecule has 0 N–H and O–H groups in total. The van der Waals surface area contributed by atoms with Crippen LogP contribution in [0.15, 0.2) is 0 Å². The maximum absolute atomic E-state index is 6.31. The molecule has 0 aromatic heterocycles. The number of hydrogen-bond acceptors (Lipinski definition) is 1. The zero-order chi connectivity index (χ0) is 9.68. The van der Waals surface area contributed by atoms with Crippen molar-refractivity contribution in [3.8, 4) is 0 Å². The SMILES string of the molecule is CCCC(Cl)C1CCC(OC)CC1. The van der Waals surface area contributed by atoms with E-state index in [0.29, 0.717) is 11.5 Å². The Kier molecular flexibility index (Phi) is 5.12. The number of hydrogen-bond donors (Lipinski definition) is 0. The Balaban J connectivity index is 2.23. The Morgan fingerprint density at radius 2 is 1.92 bits per heavy atom. The van der Waals surface area contributed by atoms with Crippen LogP contribution >= 0.6 is 11.6 Å². The van der Waals surface area contributed by atoms with E-state index >= 15 is 0 Å². The second-order valence-corrected chi connectivity index (χ2v) is 4.64. The topological polar surface area (TPSA) is 9.23 Å². The Morgan fingerprint density at radius 1 is 1.31 bits per heavy atom. The van der Waals surface area contributed by atoms with Crippen molar-refractivity contribution in [1.82, 2.24) is 0 Å². The summed E-state index contributed by atoms with van der Waals surface area (Å²) in [7, 11) is 1.81. The monoisotopic (exact) mass is 204 g/mol. The standard InChI is InChI=1S/C11H21ClO/c1-3-4-11(12)9-5-7-10(13-2)8-6-9/h9-11H,3-8H2,1-2H3. The largest absolute Gasteiger partial charge is 0.381 e. The van der Waals surface area contributed by atoms with Crippen LogP contribution in [0, 0.1) is 5.92 Å². The first kappa shape index (κ1) is 11.3.